The number of amides is 1. The number of β-amino-alcohol motifs (C(OH)–C–C–N with tert-alkyl or cyclic N) is 2. The third-order valence-corrected chi connectivity index (χ3v) is 3.34. The van der Waals surface area contributed by atoms with E-state index in [0.717, 1.165) is 4.88 Å². The first-order valence-electron chi connectivity index (χ1n) is 5.03. The minimum absolute atomic E-state index is 0.177. The topological polar surface area (TPSA) is 60.8 Å². The zero-order valence-corrected chi connectivity index (χ0v) is 9.43. The largest absolute Gasteiger partial charge is 0.388 e. The molecule has 2 N–H and O–H groups in total. The number of hydrogen-bond donors (Lipinski definition) is 2. The molecule has 16 heavy (non-hydrogen) atoms. The molecule has 1 aliphatic rings. The van der Waals surface area contributed by atoms with Crippen LogP contribution in [0, 0.1) is 0 Å². The molecule has 2 heterocycles. The average Bonchev–Trinajstić information content (AvgIpc) is 2.86. The van der Waals surface area contributed by atoms with Crippen LogP contribution in [-0.2, 0) is 4.79 Å². The van der Waals surface area contributed by atoms with Crippen LogP contribution in [0.15, 0.2) is 23.6 Å². The highest BCUT2D eigenvalue weighted by Crippen LogP contribution is 2.13. The first kappa shape index (κ1) is 11.3. The van der Waals surface area contributed by atoms with Crippen LogP contribution in [0.25, 0.3) is 6.08 Å². The van der Waals surface area contributed by atoms with Crippen molar-refractivity contribution in [3.8, 4) is 0 Å². The predicted molar refractivity (Wildman–Crippen MR) is 61.9 cm³/mol. The van der Waals surface area contributed by atoms with Crippen molar-refractivity contribution in [3.05, 3.63) is 28.5 Å². The summed E-state index contributed by atoms with van der Waals surface area (Å²) in [6, 6.07) is 3.83. The zero-order chi connectivity index (χ0) is 11.5. The first-order valence-corrected chi connectivity index (χ1v) is 5.91. The molecule has 1 fully saturated rings. The molecule has 2 atom stereocenters. The van der Waals surface area contributed by atoms with Crippen molar-refractivity contribution >= 4 is 23.3 Å². The minimum Gasteiger partial charge on any atom is -0.388 e. The molecule has 0 bridgehead atoms. The lowest BCUT2D eigenvalue weighted by molar-refractivity contribution is -0.125. The second-order valence-corrected chi connectivity index (χ2v) is 4.71. The van der Waals surface area contributed by atoms with Gasteiger partial charge in [0.05, 0.1) is 12.2 Å². The van der Waals surface area contributed by atoms with Gasteiger partial charge in [-0.15, -0.1) is 11.3 Å². The van der Waals surface area contributed by atoms with Crippen molar-refractivity contribution in [3.63, 3.8) is 0 Å². The lowest BCUT2D eigenvalue weighted by atomic mass is 10.3. The molecular formula is C11H13NO3S. The van der Waals surface area contributed by atoms with Gasteiger partial charge in [-0.25, -0.2) is 0 Å². The van der Waals surface area contributed by atoms with E-state index < -0.39 is 12.2 Å². The van der Waals surface area contributed by atoms with Crippen molar-refractivity contribution < 1.29 is 15.0 Å². The average molecular weight is 239 g/mol. The van der Waals surface area contributed by atoms with E-state index in [1.54, 1.807) is 17.4 Å². The van der Waals surface area contributed by atoms with E-state index in [1.807, 2.05) is 17.5 Å². The SMILES string of the molecule is O=C(/C=C/c1cccs1)N1CC(O)C(O)C1. The third-order valence-electron chi connectivity index (χ3n) is 2.50. The van der Waals surface area contributed by atoms with Gasteiger partial charge in [0.25, 0.3) is 0 Å². The van der Waals surface area contributed by atoms with Gasteiger partial charge in [-0.1, -0.05) is 6.07 Å². The van der Waals surface area contributed by atoms with Crippen molar-refractivity contribution in [1.29, 1.82) is 0 Å². The number of hydrogen-bond acceptors (Lipinski definition) is 4. The number of nitrogens with zero attached hydrogens (tertiary/aromatic N) is 1. The highest BCUT2D eigenvalue weighted by molar-refractivity contribution is 7.10. The van der Waals surface area contributed by atoms with Crippen LogP contribution in [0.5, 0.6) is 0 Å². The van der Waals surface area contributed by atoms with E-state index in [4.69, 9.17) is 0 Å². The summed E-state index contributed by atoms with van der Waals surface area (Å²) in [4.78, 5) is 14.1. The Labute approximate surface area is 97.4 Å². The van der Waals surface area contributed by atoms with Gasteiger partial charge in [-0.2, -0.15) is 0 Å². The second kappa shape index (κ2) is 4.78. The van der Waals surface area contributed by atoms with Crippen molar-refractivity contribution in [1.82, 2.24) is 4.90 Å². The Morgan fingerprint density at radius 1 is 1.44 bits per heavy atom. The molecule has 0 aromatic carbocycles. The molecule has 1 aromatic rings. The molecule has 5 heteroatoms. The lowest BCUT2D eigenvalue weighted by Crippen LogP contribution is -2.27. The number of rotatable bonds is 2. The monoisotopic (exact) mass is 239 g/mol. The number of aliphatic hydroxyl groups is 2. The van der Waals surface area contributed by atoms with Gasteiger partial charge < -0.3 is 15.1 Å². The Morgan fingerprint density at radius 2 is 2.12 bits per heavy atom. The van der Waals surface area contributed by atoms with Gasteiger partial charge in [-0.3, -0.25) is 4.79 Å². The summed E-state index contributed by atoms with van der Waals surface area (Å²) in [7, 11) is 0. The van der Waals surface area contributed by atoms with E-state index in [1.165, 1.54) is 11.0 Å². The van der Waals surface area contributed by atoms with Crippen molar-refractivity contribution in [2.24, 2.45) is 0 Å². The molecule has 2 unspecified atom stereocenters. The number of aliphatic hydroxyl groups excluding tert-OH is 2. The molecule has 86 valence electrons. The maximum Gasteiger partial charge on any atom is 0.246 e. The smallest absolute Gasteiger partial charge is 0.246 e. The van der Waals surface area contributed by atoms with Crippen LogP contribution >= 0.6 is 11.3 Å². The molecule has 1 amide bonds. The summed E-state index contributed by atoms with van der Waals surface area (Å²) in [6.45, 7) is 0.406. The molecule has 0 saturated carbocycles. The zero-order valence-electron chi connectivity index (χ0n) is 8.61. The molecule has 0 spiro atoms. The fraction of sp³-hybridized carbons (Fsp3) is 0.364. The van der Waals surface area contributed by atoms with Crippen LogP contribution < -0.4 is 0 Å². The fourth-order valence-corrected chi connectivity index (χ4v) is 2.21. The summed E-state index contributed by atoms with van der Waals surface area (Å²) < 4.78 is 0. The third kappa shape index (κ3) is 2.49. The van der Waals surface area contributed by atoms with Crippen LogP contribution in [0.4, 0.5) is 0 Å². The Kier molecular flexibility index (Phi) is 3.38. The molecule has 0 radical (unpaired) electrons. The van der Waals surface area contributed by atoms with Crippen LogP contribution in [0.3, 0.4) is 0 Å². The van der Waals surface area contributed by atoms with Crippen LogP contribution in [0.1, 0.15) is 4.88 Å². The summed E-state index contributed by atoms with van der Waals surface area (Å²) in [5.41, 5.74) is 0. The van der Waals surface area contributed by atoms with Gasteiger partial charge in [0.2, 0.25) is 5.91 Å². The van der Waals surface area contributed by atoms with Crippen molar-refractivity contribution in [2.75, 3.05) is 13.1 Å². The van der Waals surface area contributed by atoms with E-state index in [9.17, 15) is 15.0 Å². The Morgan fingerprint density at radius 3 is 2.69 bits per heavy atom. The number of thiophene rings is 1. The minimum atomic E-state index is -0.820. The van der Waals surface area contributed by atoms with E-state index in [2.05, 4.69) is 0 Å². The lowest BCUT2D eigenvalue weighted by Gasteiger charge is -2.11. The second-order valence-electron chi connectivity index (χ2n) is 3.73. The maximum atomic E-state index is 11.7. The Bertz CT molecular complexity index is 378. The standard InChI is InChI=1S/C11H13NO3S/c13-9-6-12(7-10(9)14)11(15)4-3-8-2-1-5-16-8/h1-5,9-10,13-14H,6-7H2/b4-3+. The summed E-state index contributed by atoms with van der Waals surface area (Å²) in [5, 5.41) is 20.5. The molecular weight excluding hydrogens is 226 g/mol. The van der Waals surface area contributed by atoms with Gasteiger partial charge in [0, 0.05) is 24.0 Å². The first-order chi connectivity index (χ1) is 7.66. The van der Waals surface area contributed by atoms with Gasteiger partial charge in [0.15, 0.2) is 0 Å². The number of likely N-dealkylation sites (tertiary alicyclic amines) is 1. The van der Waals surface area contributed by atoms with Gasteiger partial charge in [0.1, 0.15) is 0 Å². The molecule has 0 aliphatic carbocycles. The fourth-order valence-electron chi connectivity index (χ4n) is 1.59. The highest BCUT2D eigenvalue weighted by atomic mass is 32.1. The molecule has 1 aliphatic heterocycles. The maximum absolute atomic E-state index is 11.7. The van der Waals surface area contributed by atoms with Crippen molar-refractivity contribution in [2.45, 2.75) is 12.2 Å². The summed E-state index contributed by atoms with van der Waals surface area (Å²) >= 11 is 1.55. The Hall–Kier alpha value is -1.17. The van der Waals surface area contributed by atoms with Crippen LogP contribution in [0.2, 0.25) is 0 Å². The quantitative estimate of drug-likeness (QED) is 0.731. The Balaban J connectivity index is 1.94. The molecule has 2 rings (SSSR count). The number of carbonyl (C=O) groups excluding carboxylic acids is 1. The predicted octanol–water partition coefficient (Wildman–Crippen LogP) is 0.325. The summed E-state index contributed by atoms with van der Waals surface area (Å²) in [6.07, 6.45) is 1.57. The van der Waals surface area contributed by atoms with Gasteiger partial charge in [-0.05, 0) is 17.5 Å². The van der Waals surface area contributed by atoms with E-state index >= 15 is 0 Å². The van der Waals surface area contributed by atoms with E-state index in [0.29, 0.717) is 0 Å². The highest BCUT2D eigenvalue weighted by Gasteiger charge is 2.31. The molecule has 1 aromatic heterocycles. The molecule has 1 saturated heterocycles. The van der Waals surface area contributed by atoms with Gasteiger partial charge >= 0.3 is 0 Å². The van der Waals surface area contributed by atoms with E-state index in [-0.39, 0.29) is 19.0 Å². The normalized spacial score (nSPS) is 25.5. The number of carbonyl (C=O) groups is 1. The molecule has 4 nitrogen and oxygen atoms in total. The summed E-state index contributed by atoms with van der Waals surface area (Å²) in [5.74, 6) is -0.177. The van der Waals surface area contributed by atoms with Crippen LogP contribution in [-0.4, -0.2) is 46.3 Å².